The highest BCUT2D eigenvalue weighted by Gasteiger charge is 2.14. The summed E-state index contributed by atoms with van der Waals surface area (Å²) in [6, 6.07) is 4.47. The van der Waals surface area contributed by atoms with Crippen LogP contribution in [0, 0.1) is 0 Å². The minimum Gasteiger partial charge on any atom is -0.376 e. The average molecular weight is 389 g/mol. The molecule has 0 aromatic carbocycles. The number of hydrogen-bond acceptors (Lipinski definition) is 3. The quantitative estimate of drug-likeness (QED) is 0.470. The SMILES string of the molecule is CN(C)c1cccnc1CN=C(N)NC1CCCC1.I. The predicted octanol–water partition coefficient (Wildman–Crippen LogP) is 2.11. The minimum atomic E-state index is 0. The Labute approximate surface area is 138 Å². The van der Waals surface area contributed by atoms with Gasteiger partial charge in [0.25, 0.3) is 0 Å². The third kappa shape index (κ3) is 4.81. The summed E-state index contributed by atoms with van der Waals surface area (Å²) in [4.78, 5) is 10.8. The van der Waals surface area contributed by atoms with Crippen molar-refractivity contribution in [1.29, 1.82) is 0 Å². The molecule has 0 bridgehead atoms. The smallest absolute Gasteiger partial charge is 0.189 e. The van der Waals surface area contributed by atoms with Gasteiger partial charge in [0.1, 0.15) is 0 Å². The molecule has 0 unspecified atom stereocenters. The third-order valence-corrected chi connectivity index (χ3v) is 3.45. The predicted molar refractivity (Wildman–Crippen MR) is 94.7 cm³/mol. The summed E-state index contributed by atoms with van der Waals surface area (Å²) in [5.41, 5.74) is 7.96. The molecule has 1 aromatic heterocycles. The van der Waals surface area contributed by atoms with Crippen LogP contribution in [0.15, 0.2) is 23.3 Å². The number of halogens is 1. The fourth-order valence-corrected chi connectivity index (χ4v) is 2.44. The maximum absolute atomic E-state index is 5.93. The molecule has 2 rings (SSSR count). The van der Waals surface area contributed by atoms with Gasteiger partial charge >= 0.3 is 0 Å². The van der Waals surface area contributed by atoms with E-state index < -0.39 is 0 Å². The van der Waals surface area contributed by atoms with Gasteiger partial charge in [-0.3, -0.25) is 4.98 Å². The molecule has 1 aliphatic rings. The van der Waals surface area contributed by atoms with Crippen molar-refractivity contribution in [2.24, 2.45) is 10.7 Å². The molecule has 1 aliphatic carbocycles. The first-order valence-electron chi connectivity index (χ1n) is 6.84. The van der Waals surface area contributed by atoms with Crippen molar-refractivity contribution in [3.8, 4) is 0 Å². The number of hydrogen-bond donors (Lipinski definition) is 2. The summed E-state index contributed by atoms with van der Waals surface area (Å²) < 4.78 is 0. The van der Waals surface area contributed by atoms with Gasteiger partial charge < -0.3 is 16.0 Å². The molecular weight excluding hydrogens is 365 g/mol. The Morgan fingerprint density at radius 3 is 2.80 bits per heavy atom. The van der Waals surface area contributed by atoms with Crippen LogP contribution in [0.1, 0.15) is 31.4 Å². The van der Waals surface area contributed by atoms with E-state index in [1.807, 2.05) is 31.1 Å². The lowest BCUT2D eigenvalue weighted by atomic mass is 10.2. The molecule has 20 heavy (non-hydrogen) atoms. The van der Waals surface area contributed by atoms with E-state index in [1.165, 1.54) is 25.7 Å². The van der Waals surface area contributed by atoms with Crippen molar-refractivity contribution in [3.05, 3.63) is 24.0 Å². The second-order valence-electron chi connectivity index (χ2n) is 5.19. The van der Waals surface area contributed by atoms with Gasteiger partial charge in [-0.25, -0.2) is 4.99 Å². The third-order valence-electron chi connectivity index (χ3n) is 3.45. The average Bonchev–Trinajstić information content (AvgIpc) is 2.89. The Bertz CT molecular complexity index is 441. The molecule has 0 amide bonds. The zero-order chi connectivity index (χ0) is 13.7. The van der Waals surface area contributed by atoms with Gasteiger partial charge in [0.2, 0.25) is 0 Å². The van der Waals surface area contributed by atoms with Crippen LogP contribution in [-0.2, 0) is 6.54 Å². The van der Waals surface area contributed by atoms with E-state index in [0.29, 0.717) is 18.5 Å². The van der Waals surface area contributed by atoms with Gasteiger partial charge in [0.15, 0.2) is 5.96 Å². The molecule has 6 heteroatoms. The van der Waals surface area contributed by atoms with E-state index in [2.05, 4.69) is 15.3 Å². The lowest BCUT2D eigenvalue weighted by molar-refractivity contribution is 0.625. The van der Waals surface area contributed by atoms with Crippen molar-refractivity contribution in [1.82, 2.24) is 10.3 Å². The summed E-state index contributed by atoms with van der Waals surface area (Å²) in [5, 5.41) is 3.28. The Morgan fingerprint density at radius 1 is 1.45 bits per heavy atom. The van der Waals surface area contributed by atoms with Gasteiger partial charge in [0, 0.05) is 26.3 Å². The zero-order valence-corrected chi connectivity index (χ0v) is 14.5. The largest absolute Gasteiger partial charge is 0.376 e. The molecule has 1 saturated carbocycles. The molecular formula is C14H24IN5. The number of anilines is 1. The van der Waals surface area contributed by atoms with Crippen LogP contribution in [-0.4, -0.2) is 31.1 Å². The van der Waals surface area contributed by atoms with Crippen LogP contribution in [0.3, 0.4) is 0 Å². The number of pyridine rings is 1. The van der Waals surface area contributed by atoms with Crippen LogP contribution >= 0.6 is 24.0 Å². The first-order chi connectivity index (χ1) is 9.16. The van der Waals surface area contributed by atoms with Crippen molar-refractivity contribution in [2.45, 2.75) is 38.3 Å². The molecule has 0 radical (unpaired) electrons. The van der Waals surface area contributed by atoms with E-state index in [-0.39, 0.29) is 24.0 Å². The number of guanidine groups is 1. The fraction of sp³-hybridized carbons (Fsp3) is 0.571. The number of rotatable bonds is 4. The lowest BCUT2D eigenvalue weighted by Crippen LogP contribution is -2.38. The topological polar surface area (TPSA) is 66.5 Å². The number of nitrogens with zero attached hydrogens (tertiary/aromatic N) is 3. The van der Waals surface area contributed by atoms with Crippen LogP contribution in [0.2, 0.25) is 0 Å². The van der Waals surface area contributed by atoms with Crippen LogP contribution < -0.4 is 16.0 Å². The lowest BCUT2D eigenvalue weighted by Gasteiger charge is -2.16. The van der Waals surface area contributed by atoms with Crippen molar-refractivity contribution < 1.29 is 0 Å². The summed E-state index contributed by atoms with van der Waals surface area (Å²) >= 11 is 0. The molecule has 0 atom stereocenters. The fourth-order valence-electron chi connectivity index (χ4n) is 2.44. The van der Waals surface area contributed by atoms with Crippen molar-refractivity contribution in [3.63, 3.8) is 0 Å². The summed E-state index contributed by atoms with van der Waals surface area (Å²) in [7, 11) is 4.01. The van der Waals surface area contributed by atoms with Crippen molar-refractivity contribution in [2.75, 3.05) is 19.0 Å². The number of aliphatic imine (C=N–C) groups is 1. The van der Waals surface area contributed by atoms with Gasteiger partial charge in [-0.1, -0.05) is 12.8 Å². The molecule has 0 saturated heterocycles. The molecule has 1 heterocycles. The molecule has 112 valence electrons. The highest BCUT2D eigenvalue weighted by Crippen LogP contribution is 2.18. The van der Waals surface area contributed by atoms with Gasteiger partial charge in [-0.2, -0.15) is 0 Å². The Balaban J connectivity index is 0.00000200. The Morgan fingerprint density at radius 2 is 2.15 bits per heavy atom. The van der Waals surface area contributed by atoms with Crippen LogP contribution in [0.4, 0.5) is 5.69 Å². The van der Waals surface area contributed by atoms with Gasteiger partial charge in [-0.15, -0.1) is 24.0 Å². The second kappa shape index (κ2) is 8.28. The Kier molecular flexibility index (Phi) is 7.04. The molecule has 3 N–H and O–H groups in total. The first-order valence-corrected chi connectivity index (χ1v) is 6.84. The summed E-state index contributed by atoms with van der Waals surface area (Å²) in [5.74, 6) is 0.530. The van der Waals surface area contributed by atoms with E-state index >= 15 is 0 Å². The van der Waals surface area contributed by atoms with Crippen LogP contribution in [0.25, 0.3) is 0 Å². The molecule has 0 aliphatic heterocycles. The van der Waals surface area contributed by atoms with Crippen molar-refractivity contribution >= 4 is 35.6 Å². The van der Waals surface area contributed by atoms with Gasteiger partial charge in [0.05, 0.1) is 17.9 Å². The molecule has 1 fully saturated rings. The maximum atomic E-state index is 5.93. The number of nitrogens with one attached hydrogen (secondary N) is 1. The highest BCUT2D eigenvalue weighted by molar-refractivity contribution is 14.0. The summed E-state index contributed by atoms with van der Waals surface area (Å²) in [6.07, 6.45) is 6.76. The minimum absolute atomic E-state index is 0. The van der Waals surface area contributed by atoms with Crippen LogP contribution in [0.5, 0.6) is 0 Å². The van der Waals surface area contributed by atoms with E-state index in [4.69, 9.17) is 5.73 Å². The standard InChI is InChI=1S/C14H23N5.HI/c1-19(2)13-8-5-9-16-12(13)10-17-14(15)18-11-6-3-4-7-11;/h5,8-9,11H,3-4,6-7,10H2,1-2H3,(H3,15,17,18);1H. The summed E-state index contributed by atoms with van der Waals surface area (Å²) in [6.45, 7) is 0.514. The van der Waals surface area contributed by atoms with Gasteiger partial charge in [-0.05, 0) is 25.0 Å². The number of aromatic nitrogens is 1. The van der Waals surface area contributed by atoms with E-state index in [1.54, 1.807) is 6.20 Å². The number of nitrogens with two attached hydrogens (primary N) is 1. The molecule has 5 nitrogen and oxygen atoms in total. The van der Waals surface area contributed by atoms with E-state index in [9.17, 15) is 0 Å². The maximum Gasteiger partial charge on any atom is 0.189 e. The first kappa shape index (κ1) is 17.0. The molecule has 0 spiro atoms. The zero-order valence-electron chi connectivity index (χ0n) is 12.2. The highest BCUT2D eigenvalue weighted by atomic mass is 127. The van der Waals surface area contributed by atoms with E-state index in [0.717, 1.165) is 11.4 Å². The molecule has 1 aromatic rings. The normalized spacial score (nSPS) is 15.8. The monoisotopic (exact) mass is 389 g/mol. The second-order valence-corrected chi connectivity index (χ2v) is 5.19. The Hall–Kier alpha value is -1.05.